The number of alkyl halides is 1. The average molecular weight is 174 g/mol. The number of halogens is 1. The smallest absolute Gasteiger partial charge is 0.141 e. The van der Waals surface area contributed by atoms with Crippen molar-refractivity contribution in [1.82, 2.24) is 4.98 Å². The van der Waals surface area contributed by atoms with E-state index in [-0.39, 0.29) is 0 Å². The van der Waals surface area contributed by atoms with E-state index in [9.17, 15) is 4.39 Å². The number of nitrogens with two attached hydrogens (primary N) is 1. The largest absolute Gasteiger partial charge is 0.330 e. The second-order valence-electron chi connectivity index (χ2n) is 2.26. The Kier molecular flexibility index (Phi) is 3.45. The molecular weight excluding hydrogens is 163 g/mol. The van der Waals surface area contributed by atoms with Crippen molar-refractivity contribution in [3.63, 3.8) is 0 Å². The maximum absolute atomic E-state index is 12.0. The molecule has 1 rings (SSSR count). The van der Waals surface area contributed by atoms with E-state index >= 15 is 0 Å². The molecule has 1 aromatic heterocycles. The van der Waals surface area contributed by atoms with Gasteiger partial charge in [-0.3, -0.25) is 0 Å². The monoisotopic (exact) mass is 174 g/mol. The number of hydrogen-bond acceptors (Lipinski definition) is 3. The predicted octanol–water partition coefficient (Wildman–Crippen LogP) is 1.50. The van der Waals surface area contributed by atoms with Crippen LogP contribution in [0.25, 0.3) is 0 Å². The molecule has 0 unspecified atom stereocenters. The van der Waals surface area contributed by atoms with E-state index < -0.39 is 6.67 Å². The quantitative estimate of drug-likeness (QED) is 0.751. The molecule has 1 heterocycles. The van der Waals surface area contributed by atoms with Crippen LogP contribution < -0.4 is 5.73 Å². The maximum atomic E-state index is 12.0. The standard InChI is InChI=1S/C7H11FN2S/c8-4-7-10-6(5-11-7)2-1-3-9/h5H,1-4,9H2. The molecule has 0 fully saturated rings. The lowest BCUT2D eigenvalue weighted by Gasteiger charge is -1.90. The van der Waals surface area contributed by atoms with E-state index in [0.717, 1.165) is 18.5 Å². The molecule has 0 radical (unpaired) electrons. The van der Waals surface area contributed by atoms with E-state index in [2.05, 4.69) is 4.98 Å². The van der Waals surface area contributed by atoms with E-state index in [4.69, 9.17) is 5.73 Å². The van der Waals surface area contributed by atoms with Gasteiger partial charge in [-0.1, -0.05) is 0 Å². The van der Waals surface area contributed by atoms with E-state index in [0.29, 0.717) is 11.6 Å². The molecule has 4 heteroatoms. The summed E-state index contributed by atoms with van der Waals surface area (Å²) in [6, 6.07) is 0. The molecule has 2 N–H and O–H groups in total. The van der Waals surface area contributed by atoms with Gasteiger partial charge in [-0.15, -0.1) is 11.3 Å². The Morgan fingerprint density at radius 2 is 2.45 bits per heavy atom. The van der Waals surface area contributed by atoms with Crippen molar-refractivity contribution in [2.45, 2.75) is 19.5 Å². The third kappa shape index (κ3) is 2.55. The van der Waals surface area contributed by atoms with Crippen LogP contribution in [0.4, 0.5) is 4.39 Å². The molecule has 2 nitrogen and oxygen atoms in total. The topological polar surface area (TPSA) is 38.9 Å². The summed E-state index contributed by atoms with van der Waals surface area (Å²) in [5.41, 5.74) is 6.28. The van der Waals surface area contributed by atoms with Crippen molar-refractivity contribution in [3.8, 4) is 0 Å². The fraction of sp³-hybridized carbons (Fsp3) is 0.571. The fourth-order valence-electron chi connectivity index (χ4n) is 0.808. The third-order valence-corrected chi connectivity index (χ3v) is 2.21. The Morgan fingerprint density at radius 3 is 3.00 bits per heavy atom. The Labute approximate surface area is 69.3 Å². The summed E-state index contributed by atoms with van der Waals surface area (Å²) in [5.74, 6) is 0. The van der Waals surface area contributed by atoms with Gasteiger partial charge in [0.1, 0.15) is 11.7 Å². The van der Waals surface area contributed by atoms with Crippen LogP contribution in [0.3, 0.4) is 0 Å². The molecule has 0 amide bonds. The van der Waals surface area contributed by atoms with Gasteiger partial charge in [0.2, 0.25) is 0 Å². The van der Waals surface area contributed by atoms with Crippen LogP contribution in [0.2, 0.25) is 0 Å². The van der Waals surface area contributed by atoms with Crippen LogP contribution in [0.5, 0.6) is 0 Å². The van der Waals surface area contributed by atoms with Crippen LogP contribution in [0, 0.1) is 0 Å². The van der Waals surface area contributed by atoms with Crippen molar-refractivity contribution in [3.05, 3.63) is 16.1 Å². The van der Waals surface area contributed by atoms with Gasteiger partial charge in [-0.25, -0.2) is 9.37 Å². The highest BCUT2D eigenvalue weighted by atomic mass is 32.1. The molecule has 62 valence electrons. The Balaban J connectivity index is 2.44. The summed E-state index contributed by atoms with van der Waals surface area (Å²) >= 11 is 1.37. The molecule has 0 aliphatic carbocycles. The van der Waals surface area contributed by atoms with Gasteiger partial charge >= 0.3 is 0 Å². The highest BCUT2D eigenvalue weighted by Gasteiger charge is 1.99. The molecule has 0 aromatic carbocycles. The Hall–Kier alpha value is -0.480. The van der Waals surface area contributed by atoms with Gasteiger partial charge in [-0.05, 0) is 19.4 Å². The van der Waals surface area contributed by atoms with E-state index in [1.165, 1.54) is 11.3 Å². The molecule has 0 aliphatic heterocycles. The lowest BCUT2D eigenvalue weighted by atomic mass is 10.2. The van der Waals surface area contributed by atoms with Crippen LogP contribution in [-0.4, -0.2) is 11.5 Å². The molecule has 0 aliphatic rings. The predicted molar refractivity (Wildman–Crippen MR) is 44.3 cm³/mol. The Bertz CT molecular complexity index is 212. The minimum absolute atomic E-state index is 0.451. The van der Waals surface area contributed by atoms with Crippen molar-refractivity contribution in [2.24, 2.45) is 5.73 Å². The van der Waals surface area contributed by atoms with Crippen molar-refractivity contribution in [1.29, 1.82) is 0 Å². The minimum atomic E-state index is -0.451. The second kappa shape index (κ2) is 4.41. The summed E-state index contributed by atoms with van der Waals surface area (Å²) in [5, 5.41) is 2.46. The van der Waals surface area contributed by atoms with Crippen LogP contribution in [0.1, 0.15) is 17.1 Å². The summed E-state index contributed by atoms with van der Waals surface area (Å²) in [4.78, 5) is 4.05. The second-order valence-corrected chi connectivity index (χ2v) is 3.20. The van der Waals surface area contributed by atoms with Crippen LogP contribution in [0.15, 0.2) is 5.38 Å². The highest BCUT2D eigenvalue weighted by molar-refractivity contribution is 7.09. The first-order valence-corrected chi connectivity index (χ1v) is 4.44. The molecule has 0 saturated carbocycles. The van der Waals surface area contributed by atoms with E-state index in [1.807, 2.05) is 5.38 Å². The molecule has 11 heavy (non-hydrogen) atoms. The van der Waals surface area contributed by atoms with Crippen molar-refractivity contribution in [2.75, 3.05) is 6.54 Å². The SMILES string of the molecule is NCCCc1csc(CF)n1. The number of rotatable bonds is 4. The van der Waals surface area contributed by atoms with Gasteiger partial charge in [0.25, 0.3) is 0 Å². The first-order valence-electron chi connectivity index (χ1n) is 3.56. The number of aromatic nitrogens is 1. The third-order valence-electron chi connectivity index (χ3n) is 1.35. The molecule has 0 saturated heterocycles. The van der Waals surface area contributed by atoms with Gasteiger partial charge in [-0.2, -0.15) is 0 Å². The summed E-state index contributed by atoms with van der Waals surface area (Å²) in [6.07, 6.45) is 1.79. The molecule has 0 bridgehead atoms. The van der Waals surface area contributed by atoms with Crippen molar-refractivity contribution < 1.29 is 4.39 Å². The molecule has 0 spiro atoms. The summed E-state index contributed by atoms with van der Waals surface area (Å²) in [6.45, 7) is 0.218. The zero-order chi connectivity index (χ0) is 8.10. The lowest BCUT2D eigenvalue weighted by Crippen LogP contribution is -2.00. The molecule has 0 atom stereocenters. The number of nitrogens with zero attached hydrogens (tertiary/aromatic N) is 1. The molecular formula is C7H11FN2S. The van der Waals surface area contributed by atoms with Gasteiger partial charge in [0.05, 0.1) is 5.69 Å². The number of hydrogen-bond donors (Lipinski definition) is 1. The van der Waals surface area contributed by atoms with Gasteiger partial charge < -0.3 is 5.73 Å². The average Bonchev–Trinajstić information content (AvgIpc) is 2.48. The maximum Gasteiger partial charge on any atom is 0.141 e. The van der Waals surface area contributed by atoms with Crippen LogP contribution in [-0.2, 0) is 13.1 Å². The first kappa shape index (κ1) is 8.62. The van der Waals surface area contributed by atoms with Gasteiger partial charge in [0, 0.05) is 5.38 Å². The summed E-state index contributed by atoms with van der Waals surface area (Å²) in [7, 11) is 0. The van der Waals surface area contributed by atoms with Gasteiger partial charge in [0.15, 0.2) is 0 Å². The zero-order valence-corrected chi connectivity index (χ0v) is 7.03. The fourth-order valence-corrected chi connectivity index (χ4v) is 1.48. The Morgan fingerprint density at radius 1 is 1.64 bits per heavy atom. The number of thiazole rings is 1. The molecule has 1 aromatic rings. The summed E-state index contributed by atoms with van der Waals surface area (Å²) < 4.78 is 12.0. The van der Waals surface area contributed by atoms with Crippen molar-refractivity contribution >= 4 is 11.3 Å². The van der Waals surface area contributed by atoms with E-state index in [1.54, 1.807) is 0 Å². The highest BCUT2D eigenvalue weighted by Crippen LogP contribution is 2.11. The minimum Gasteiger partial charge on any atom is -0.330 e. The normalized spacial score (nSPS) is 10.4. The van der Waals surface area contributed by atoms with Crippen LogP contribution >= 0.6 is 11.3 Å². The number of aryl methyl sites for hydroxylation is 1. The first-order chi connectivity index (χ1) is 5.36. The zero-order valence-electron chi connectivity index (χ0n) is 6.22. The lowest BCUT2D eigenvalue weighted by molar-refractivity contribution is 0.482.